The molecule has 0 aliphatic rings. The second-order valence-corrected chi connectivity index (χ2v) is 7.97. The third-order valence-electron chi connectivity index (χ3n) is 5.01. The molecule has 0 N–H and O–H groups in total. The van der Waals surface area contributed by atoms with Gasteiger partial charge in [0.05, 0.1) is 18.1 Å². The Balaban J connectivity index is 1.68. The summed E-state index contributed by atoms with van der Waals surface area (Å²) >= 11 is 1.75. The van der Waals surface area contributed by atoms with Crippen molar-refractivity contribution in [3.05, 3.63) is 97.1 Å². The summed E-state index contributed by atoms with van der Waals surface area (Å²) in [5.74, 6) is 0.870. The minimum Gasteiger partial charge on any atom is -0.497 e. The number of pyridine rings is 1. The number of hydrogen-bond donors (Lipinski definition) is 0. The van der Waals surface area contributed by atoms with Gasteiger partial charge in [-0.1, -0.05) is 60.3 Å². The first-order valence-corrected chi connectivity index (χ1v) is 10.3. The number of aromatic nitrogens is 1. The standard InChI is InChI=1S/C26H19NOS/c1-28-19-11-13-20(14-12-19)29-21-15-16-25-23(17-21)26(18-7-3-2-4-8-18)22-9-5-6-10-24(22)27-25/h2-17H,1H3. The molecular weight excluding hydrogens is 374 g/mol. The minimum absolute atomic E-state index is 0.870. The molecule has 0 fully saturated rings. The molecule has 0 bridgehead atoms. The molecular formula is C26H19NOS. The highest BCUT2D eigenvalue weighted by atomic mass is 32.2. The highest BCUT2D eigenvalue weighted by molar-refractivity contribution is 7.99. The molecule has 2 nitrogen and oxygen atoms in total. The normalized spacial score (nSPS) is 11.1. The quantitative estimate of drug-likeness (QED) is 0.301. The summed E-state index contributed by atoms with van der Waals surface area (Å²) in [5.41, 5.74) is 4.49. The maximum atomic E-state index is 5.27. The van der Waals surface area contributed by atoms with Crippen molar-refractivity contribution in [3.63, 3.8) is 0 Å². The summed E-state index contributed by atoms with van der Waals surface area (Å²) in [4.78, 5) is 7.28. The lowest BCUT2D eigenvalue weighted by Gasteiger charge is -2.12. The minimum atomic E-state index is 0.870. The molecule has 5 aromatic rings. The average Bonchev–Trinajstić information content (AvgIpc) is 2.78. The van der Waals surface area contributed by atoms with E-state index < -0.39 is 0 Å². The third kappa shape index (κ3) is 3.45. The fraction of sp³-hybridized carbons (Fsp3) is 0.0385. The van der Waals surface area contributed by atoms with Crippen LogP contribution in [0, 0.1) is 0 Å². The molecule has 0 spiro atoms. The van der Waals surface area contributed by atoms with Gasteiger partial charge in [0.25, 0.3) is 0 Å². The number of fused-ring (bicyclic) bond motifs is 2. The second kappa shape index (κ2) is 7.61. The Morgan fingerprint density at radius 1 is 0.655 bits per heavy atom. The topological polar surface area (TPSA) is 22.1 Å². The van der Waals surface area contributed by atoms with Gasteiger partial charge in [-0.05, 0) is 54.1 Å². The molecule has 4 aromatic carbocycles. The zero-order valence-corrected chi connectivity index (χ0v) is 16.8. The first kappa shape index (κ1) is 17.8. The van der Waals surface area contributed by atoms with Crippen LogP contribution in [0.2, 0.25) is 0 Å². The highest BCUT2D eigenvalue weighted by Gasteiger charge is 2.12. The molecule has 0 atom stereocenters. The molecule has 5 rings (SSSR count). The lowest BCUT2D eigenvalue weighted by atomic mass is 9.96. The number of benzene rings is 4. The zero-order chi connectivity index (χ0) is 19.6. The third-order valence-corrected chi connectivity index (χ3v) is 6.01. The Morgan fingerprint density at radius 3 is 2.14 bits per heavy atom. The van der Waals surface area contributed by atoms with Crippen LogP contribution in [0.3, 0.4) is 0 Å². The number of ether oxygens (including phenoxy) is 1. The number of methoxy groups -OCH3 is 1. The van der Waals surface area contributed by atoms with Crippen LogP contribution in [0.15, 0.2) is 107 Å². The van der Waals surface area contributed by atoms with Gasteiger partial charge < -0.3 is 4.74 Å². The van der Waals surface area contributed by atoms with Crippen LogP contribution in [-0.2, 0) is 0 Å². The number of nitrogens with zero attached hydrogens (tertiary/aromatic N) is 1. The summed E-state index contributed by atoms with van der Waals surface area (Å²) in [6.45, 7) is 0. The highest BCUT2D eigenvalue weighted by Crippen LogP contribution is 2.38. The van der Waals surface area contributed by atoms with E-state index >= 15 is 0 Å². The van der Waals surface area contributed by atoms with Gasteiger partial charge in [-0.15, -0.1) is 0 Å². The fourth-order valence-electron chi connectivity index (χ4n) is 3.63. The Hall–Kier alpha value is -3.30. The molecule has 1 heterocycles. The molecule has 0 amide bonds. The van der Waals surface area contributed by atoms with Gasteiger partial charge in [0.2, 0.25) is 0 Å². The van der Waals surface area contributed by atoms with Crippen molar-refractivity contribution in [1.29, 1.82) is 0 Å². The van der Waals surface area contributed by atoms with Crippen LogP contribution in [-0.4, -0.2) is 12.1 Å². The van der Waals surface area contributed by atoms with Gasteiger partial charge >= 0.3 is 0 Å². The van der Waals surface area contributed by atoms with Crippen molar-refractivity contribution >= 4 is 33.6 Å². The van der Waals surface area contributed by atoms with E-state index in [0.29, 0.717) is 0 Å². The van der Waals surface area contributed by atoms with E-state index in [2.05, 4.69) is 78.9 Å². The van der Waals surface area contributed by atoms with Crippen LogP contribution in [0.25, 0.3) is 32.9 Å². The van der Waals surface area contributed by atoms with Crippen molar-refractivity contribution in [2.45, 2.75) is 9.79 Å². The van der Waals surface area contributed by atoms with E-state index in [4.69, 9.17) is 9.72 Å². The van der Waals surface area contributed by atoms with Crippen molar-refractivity contribution in [3.8, 4) is 16.9 Å². The van der Waals surface area contributed by atoms with E-state index in [0.717, 1.165) is 16.8 Å². The van der Waals surface area contributed by atoms with Gasteiger partial charge in [0.1, 0.15) is 5.75 Å². The predicted molar refractivity (Wildman–Crippen MR) is 122 cm³/mol. The largest absolute Gasteiger partial charge is 0.497 e. The van der Waals surface area contributed by atoms with Crippen LogP contribution in [0.5, 0.6) is 5.75 Å². The van der Waals surface area contributed by atoms with E-state index in [1.165, 1.54) is 31.7 Å². The molecule has 0 saturated heterocycles. The van der Waals surface area contributed by atoms with Gasteiger partial charge in [0, 0.05) is 26.1 Å². The van der Waals surface area contributed by atoms with E-state index in [9.17, 15) is 0 Å². The Bertz CT molecular complexity index is 1300. The molecule has 1 aromatic heterocycles. The van der Waals surface area contributed by atoms with E-state index in [-0.39, 0.29) is 0 Å². The Morgan fingerprint density at radius 2 is 1.34 bits per heavy atom. The lowest BCUT2D eigenvalue weighted by molar-refractivity contribution is 0.414. The molecule has 3 heteroatoms. The van der Waals surface area contributed by atoms with Crippen molar-refractivity contribution < 1.29 is 4.74 Å². The number of hydrogen-bond acceptors (Lipinski definition) is 3. The van der Waals surface area contributed by atoms with Crippen LogP contribution >= 0.6 is 11.8 Å². The van der Waals surface area contributed by atoms with Gasteiger partial charge in [-0.3, -0.25) is 0 Å². The van der Waals surface area contributed by atoms with Crippen molar-refractivity contribution in [2.24, 2.45) is 0 Å². The average molecular weight is 394 g/mol. The van der Waals surface area contributed by atoms with Gasteiger partial charge in [-0.2, -0.15) is 0 Å². The SMILES string of the molecule is COc1ccc(Sc2ccc3nc4ccccc4c(-c4ccccc4)c3c2)cc1. The molecule has 140 valence electrons. The van der Waals surface area contributed by atoms with E-state index in [1.807, 2.05) is 18.2 Å². The fourth-order valence-corrected chi connectivity index (χ4v) is 4.49. The zero-order valence-electron chi connectivity index (χ0n) is 16.0. The molecule has 0 unspecified atom stereocenters. The van der Waals surface area contributed by atoms with E-state index in [1.54, 1.807) is 18.9 Å². The van der Waals surface area contributed by atoms with Crippen LogP contribution in [0.4, 0.5) is 0 Å². The molecule has 29 heavy (non-hydrogen) atoms. The number of para-hydroxylation sites is 1. The molecule has 0 saturated carbocycles. The van der Waals surface area contributed by atoms with Gasteiger partial charge in [0.15, 0.2) is 0 Å². The van der Waals surface area contributed by atoms with Crippen molar-refractivity contribution in [2.75, 3.05) is 7.11 Å². The summed E-state index contributed by atoms with van der Waals surface area (Å²) in [6.07, 6.45) is 0. The summed E-state index contributed by atoms with van der Waals surface area (Å²) < 4.78 is 5.27. The maximum absolute atomic E-state index is 5.27. The number of rotatable bonds is 4. The predicted octanol–water partition coefficient (Wildman–Crippen LogP) is 7.21. The van der Waals surface area contributed by atoms with Crippen LogP contribution in [0.1, 0.15) is 0 Å². The lowest BCUT2D eigenvalue weighted by Crippen LogP contribution is -1.89. The maximum Gasteiger partial charge on any atom is 0.118 e. The van der Waals surface area contributed by atoms with Crippen molar-refractivity contribution in [1.82, 2.24) is 4.98 Å². The monoisotopic (exact) mass is 393 g/mol. The summed E-state index contributed by atoms with van der Waals surface area (Å²) in [6, 6.07) is 33.6. The Kier molecular flexibility index (Phi) is 4.66. The molecule has 0 aliphatic heterocycles. The first-order chi connectivity index (χ1) is 14.3. The first-order valence-electron chi connectivity index (χ1n) is 9.52. The van der Waals surface area contributed by atoms with Crippen LogP contribution < -0.4 is 4.74 Å². The molecule has 0 radical (unpaired) electrons. The Labute approximate surface area is 174 Å². The molecule has 0 aliphatic carbocycles. The summed E-state index contributed by atoms with van der Waals surface area (Å²) in [5, 5.41) is 2.35. The summed E-state index contributed by atoms with van der Waals surface area (Å²) in [7, 11) is 1.69. The second-order valence-electron chi connectivity index (χ2n) is 6.83. The smallest absolute Gasteiger partial charge is 0.118 e. The van der Waals surface area contributed by atoms with Gasteiger partial charge in [-0.25, -0.2) is 4.98 Å².